The second kappa shape index (κ2) is 6.23. The Hall–Kier alpha value is -1.30. The number of aliphatic carboxylic acids is 1. The second-order valence-corrected chi connectivity index (χ2v) is 5.67. The smallest absolute Gasteiger partial charge is 0.317 e. The molecule has 1 aliphatic heterocycles. The van der Waals surface area contributed by atoms with E-state index in [1.807, 2.05) is 4.90 Å². The fourth-order valence-corrected chi connectivity index (χ4v) is 2.84. The van der Waals surface area contributed by atoms with Gasteiger partial charge in [0.15, 0.2) is 0 Å². The van der Waals surface area contributed by atoms with Crippen LogP contribution in [0.25, 0.3) is 0 Å². The van der Waals surface area contributed by atoms with E-state index in [-0.39, 0.29) is 17.9 Å². The lowest BCUT2D eigenvalue weighted by atomic mass is 9.66. The maximum absolute atomic E-state index is 12.1. The van der Waals surface area contributed by atoms with Crippen molar-refractivity contribution < 1.29 is 14.7 Å². The minimum absolute atomic E-state index is 0.0552. The van der Waals surface area contributed by atoms with Gasteiger partial charge in [0.2, 0.25) is 0 Å². The van der Waals surface area contributed by atoms with Crippen LogP contribution in [0.3, 0.4) is 0 Å². The molecule has 0 aromatic rings. The third-order valence-electron chi connectivity index (χ3n) is 4.18. The third kappa shape index (κ3) is 3.83. The molecule has 19 heavy (non-hydrogen) atoms. The summed E-state index contributed by atoms with van der Waals surface area (Å²) >= 11 is 0. The van der Waals surface area contributed by atoms with E-state index >= 15 is 0 Å². The number of rotatable bonds is 4. The van der Waals surface area contributed by atoms with Crippen LogP contribution in [0.4, 0.5) is 4.79 Å². The number of carboxylic acids is 1. The number of hydrogen-bond donors (Lipinski definition) is 3. The summed E-state index contributed by atoms with van der Waals surface area (Å²) in [4.78, 5) is 24.7. The summed E-state index contributed by atoms with van der Waals surface area (Å²) < 4.78 is 0. The Balaban J connectivity index is 1.79. The number of amides is 2. The van der Waals surface area contributed by atoms with Crippen LogP contribution in [0.2, 0.25) is 0 Å². The van der Waals surface area contributed by atoms with Gasteiger partial charge in [-0.05, 0) is 31.2 Å². The summed E-state index contributed by atoms with van der Waals surface area (Å²) in [6.07, 6.45) is 4.00. The summed E-state index contributed by atoms with van der Waals surface area (Å²) in [6.45, 7) is 3.75. The van der Waals surface area contributed by atoms with Crippen molar-refractivity contribution >= 4 is 12.0 Å². The molecule has 1 saturated heterocycles. The molecule has 0 spiro atoms. The Labute approximate surface area is 113 Å². The highest BCUT2D eigenvalue weighted by molar-refractivity contribution is 5.74. The van der Waals surface area contributed by atoms with Gasteiger partial charge in [-0.25, -0.2) is 4.79 Å². The number of carbonyl (C=O) groups is 2. The van der Waals surface area contributed by atoms with Gasteiger partial charge in [0.1, 0.15) is 0 Å². The standard InChI is InChI=1S/C13H23N3O3/c17-11(18)9-13(3-1-4-13)10-15-12(19)16-7-2-5-14-6-8-16/h14H,1-10H2,(H,15,19)(H,17,18). The van der Waals surface area contributed by atoms with Crippen LogP contribution < -0.4 is 10.6 Å². The minimum Gasteiger partial charge on any atom is -0.481 e. The Morgan fingerprint density at radius 3 is 2.63 bits per heavy atom. The number of carbonyl (C=O) groups excluding carboxylic acids is 1. The maximum Gasteiger partial charge on any atom is 0.317 e. The van der Waals surface area contributed by atoms with Crippen molar-refractivity contribution in [3.05, 3.63) is 0 Å². The van der Waals surface area contributed by atoms with E-state index in [1.165, 1.54) is 0 Å². The first kappa shape index (κ1) is 14.1. The number of hydrogen-bond acceptors (Lipinski definition) is 3. The van der Waals surface area contributed by atoms with Gasteiger partial charge in [0, 0.05) is 26.2 Å². The largest absolute Gasteiger partial charge is 0.481 e. The highest BCUT2D eigenvalue weighted by atomic mass is 16.4. The van der Waals surface area contributed by atoms with Gasteiger partial charge in [-0.3, -0.25) is 4.79 Å². The maximum atomic E-state index is 12.1. The molecule has 2 fully saturated rings. The Morgan fingerprint density at radius 1 is 1.21 bits per heavy atom. The molecule has 0 atom stereocenters. The molecular formula is C13H23N3O3. The van der Waals surface area contributed by atoms with E-state index < -0.39 is 5.97 Å². The monoisotopic (exact) mass is 269 g/mol. The highest BCUT2D eigenvalue weighted by Gasteiger charge is 2.39. The van der Waals surface area contributed by atoms with Crippen LogP contribution in [0, 0.1) is 5.41 Å². The van der Waals surface area contributed by atoms with Crippen molar-refractivity contribution in [3.63, 3.8) is 0 Å². The first-order chi connectivity index (χ1) is 9.11. The van der Waals surface area contributed by atoms with Crippen LogP contribution in [-0.2, 0) is 4.79 Å². The molecule has 0 aromatic carbocycles. The molecule has 2 amide bonds. The van der Waals surface area contributed by atoms with Crippen LogP contribution in [0.15, 0.2) is 0 Å². The molecular weight excluding hydrogens is 246 g/mol. The molecule has 2 rings (SSSR count). The number of urea groups is 1. The van der Waals surface area contributed by atoms with Gasteiger partial charge < -0.3 is 20.6 Å². The molecule has 3 N–H and O–H groups in total. The fourth-order valence-electron chi connectivity index (χ4n) is 2.84. The topological polar surface area (TPSA) is 81.7 Å². The van der Waals surface area contributed by atoms with E-state index in [0.717, 1.165) is 51.9 Å². The molecule has 0 radical (unpaired) electrons. The number of carboxylic acid groups (broad SMARTS) is 1. The molecule has 1 aliphatic carbocycles. The van der Waals surface area contributed by atoms with Gasteiger partial charge >= 0.3 is 12.0 Å². The van der Waals surface area contributed by atoms with Crippen molar-refractivity contribution in [2.45, 2.75) is 32.1 Å². The van der Waals surface area contributed by atoms with Gasteiger partial charge in [-0.1, -0.05) is 6.42 Å². The zero-order valence-corrected chi connectivity index (χ0v) is 11.3. The lowest BCUT2D eigenvalue weighted by Gasteiger charge is -2.41. The van der Waals surface area contributed by atoms with E-state index in [2.05, 4.69) is 10.6 Å². The van der Waals surface area contributed by atoms with Crippen LogP contribution in [0.1, 0.15) is 32.1 Å². The summed E-state index contributed by atoms with van der Waals surface area (Å²) in [5.74, 6) is -0.770. The zero-order valence-electron chi connectivity index (χ0n) is 11.3. The molecule has 0 aromatic heterocycles. The van der Waals surface area contributed by atoms with Crippen LogP contribution in [0.5, 0.6) is 0 Å². The Bertz CT molecular complexity index is 334. The average molecular weight is 269 g/mol. The second-order valence-electron chi connectivity index (χ2n) is 5.67. The summed E-state index contributed by atoms with van der Waals surface area (Å²) in [5, 5.41) is 15.1. The Kier molecular flexibility index (Phi) is 4.63. The predicted molar refractivity (Wildman–Crippen MR) is 71.0 cm³/mol. The van der Waals surface area contributed by atoms with E-state index in [0.29, 0.717) is 6.54 Å². The molecule has 1 saturated carbocycles. The average Bonchev–Trinajstić information content (AvgIpc) is 2.60. The van der Waals surface area contributed by atoms with Crippen LogP contribution in [-0.4, -0.2) is 54.7 Å². The van der Waals surface area contributed by atoms with Crippen LogP contribution >= 0.6 is 0 Å². The number of nitrogens with zero attached hydrogens (tertiary/aromatic N) is 1. The molecule has 6 nitrogen and oxygen atoms in total. The summed E-state index contributed by atoms with van der Waals surface area (Å²) in [7, 11) is 0. The van der Waals surface area contributed by atoms with Crippen molar-refractivity contribution in [3.8, 4) is 0 Å². The zero-order chi connectivity index (χ0) is 13.7. The number of nitrogens with one attached hydrogen (secondary N) is 2. The molecule has 1 heterocycles. The first-order valence-electron chi connectivity index (χ1n) is 7.07. The fraction of sp³-hybridized carbons (Fsp3) is 0.846. The van der Waals surface area contributed by atoms with Crippen molar-refractivity contribution in [1.82, 2.24) is 15.5 Å². The SMILES string of the molecule is O=C(O)CC1(CNC(=O)N2CCCNCC2)CCC1. The minimum atomic E-state index is -0.770. The van der Waals surface area contributed by atoms with Gasteiger partial charge in [0.05, 0.1) is 6.42 Å². The molecule has 0 unspecified atom stereocenters. The van der Waals surface area contributed by atoms with Crippen molar-refractivity contribution in [2.75, 3.05) is 32.7 Å². The van der Waals surface area contributed by atoms with E-state index in [4.69, 9.17) is 5.11 Å². The lowest BCUT2D eigenvalue weighted by molar-refractivity contribution is -0.141. The van der Waals surface area contributed by atoms with Gasteiger partial charge in [-0.15, -0.1) is 0 Å². The molecule has 108 valence electrons. The Morgan fingerprint density at radius 2 is 2.00 bits per heavy atom. The van der Waals surface area contributed by atoms with E-state index in [1.54, 1.807) is 0 Å². The highest BCUT2D eigenvalue weighted by Crippen LogP contribution is 2.43. The summed E-state index contributed by atoms with van der Waals surface area (Å²) in [5.41, 5.74) is -0.203. The normalized spacial score (nSPS) is 22.2. The molecule has 6 heteroatoms. The van der Waals surface area contributed by atoms with Gasteiger partial charge in [0.25, 0.3) is 0 Å². The van der Waals surface area contributed by atoms with Crippen molar-refractivity contribution in [2.24, 2.45) is 5.41 Å². The summed E-state index contributed by atoms with van der Waals surface area (Å²) in [6, 6.07) is -0.0552. The first-order valence-corrected chi connectivity index (χ1v) is 7.07. The predicted octanol–water partition coefficient (Wildman–Crippen LogP) is 0.636. The lowest BCUT2D eigenvalue weighted by Crippen LogP contribution is -2.48. The van der Waals surface area contributed by atoms with Gasteiger partial charge in [-0.2, -0.15) is 0 Å². The quantitative estimate of drug-likeness (QED) is 0.699. The molecule has 2 aliphatic rings. The molecule has 0 bridgehead atoms. The van der Waals surface area contributed by atoms with Crippen molar-refractivity contribution in [1.29, 1.82) is 0 Å². The van der Waals surface area contributed by atoms with E-state index in [9.17, 15) is 9.59 Å². The third-order valence-corrected chi connectivity index (χ3v) is 4.18.